The summed E-state index contributed by atoms with van der Waals surface area (Å²) in [7, 11) is 0. The van der Waals surface area contributed by atoms with Crippen LogP contribution < -0.4 is 11.3 Å². The molecule has 120 valence electrons. The lowest BCUT2D eigenvalue weighted by molar-refractivity contribution is 0.207. The molecule has 0 amide bonds. The fourth-order valence-electron chi connectivity index (χ4n) is 3.57. The van der Waals surface area contributed by atoms with Crippen molar-refractivity contribution < 1.29 is 0 Å². The normalized spacial score (nSPS) is 25.7. The Labute approximate surface area is 129 Å². The van der Waals surface area contributed by atoms with E-state index in [1.807, 2.05) is 0 Å². The molecule has 4 heteroatoms. The summed E-state index contributed by atoms with van der Waals surface area (Å²) in [5.74, 6) is 7.43. The highest BCUT2D eigenvalue weighted by molar-refractivity contribution is 5.03. The zero-order chi connectivity index (χ0) is 15.2. The molecule has 0 spiro atoms. The molecule has 1 aromatic heterocycles. The molecular formula is C17H32N4. The summed E-state index contributed by atoms with van der Waals surface area (Å²) in [6.07, 6.45) is 10.8. The maximum atomic E-state index is 5.85. The Morgan fingerprint density at radius 2 is 2.24 bits per heavy atom. The van der Waals surface area contributed by atoms with Gasteiger partial charge < -0.3 is 0 Å². The average molecular weight is 292 g/mol. The highest BCUT2D eigenvalue weighted by Gasteiger charge is 2.27. The summed E-state index contributed by atoms with van der Waals surface area (Å²) in [5.41, 5.74) is 4.23. The molecule has 4 atom stereocenters. The molecule has 3 N–H and O–H groups in total. The van der Waals surface area contributed by atoms with Crippen molar-refractivity contribution >= 4 is 0 Å². The van der Waals surface area contributed by atoms with E-state index < -0.39 is 0 Å². The van der Waals surface area contributed by atoms with Crippen molar-refractivity contribution in [3.05, 3.63) is 18.0 Å². The minimum Gasteiger partial charge on any atom is -0.271 e. The SMILES string of the molecule is CCC1CCCC(C(Cc2ccn(C(C)CC)n2)NN)C1. The summed E-state index contributed by atoms with van der Waals surface area (Å²) in [5, 5.41) is 4.72. The van der Waals surface area contributed by atoms with Crippen molar-refractivity contribution in [1.29, 1.82) is 0 Å². The van der Waals surface area contributed by atoms with Crippen molar-refractivity contribution in [3.63, 3.8) is 0 Å². The standard InChI is InChI=1S/C17H32N4/c1-4-13(3)21-10-9-16(20-21)12-17(19-18)15-8-6-7-14(5-2)11-15/h9-10,13-15,17,19H,4-8,11-12,18H2,1-3H3. The van der Waals surface area contributed by atoms with Gasteiger partial charge in [-0.2, -0.15) is 5.10 Å². The minimum atomic E-state index is 0.361. The third-order valence-corrected chi connectivity index (χ3v) is 5.32. The lowest BCUT2D eigenvalue weighted by atomic mass is 9.76. The number of rotatable bonds is 7. The molecule has 0 aliphatic heterocycles. The number of nitrogens with zero attached hydrogens (tertiary/aromatic N) is 2. The summed E-state index contributed by atoms with van der Waals surface area (Å²) >= 11 is 0. The van der Waals surface area contributed by atoms with Gasteiger partial charge in [-0.05, 0) is 44.1 Å². The number of nitrogens with two attached hydrogens (primary N) is 1. The first-order valence-corrected chi connectivity index (χ1v) is 8.68. The van der Waals surface area contributed by atoms with Crippen LogP contribution in [0.3, 0.4) is 0 Å². The topological polar surface area (TPSA) is 55.9 Å². The molecule has 1 aliphatic carbocycles. The molecule has 1 aliphatic rings. The van der Waals surface area contributed by atoms with Crippen molar-refractivity contribution in [2.45, 2.75) is 77.8 Å². The lowest BCUT2D eigenvalue weighted by Gasteiger charge is -2.33. The predicted octanol–water partition coefficient (Wildman–Crippen LogP) is 3.44. The molecule has 1 fully saturated rings. The van der Waals surface area contributed by atoms with Gasteiger partial charge in [-0.15, -0.1) is 0 Å². The van der Waals surface area contributed by atoms with E-state index in [4.69, 9.17) is 10.9 Å². The van der Waals surface area contributed by atoms with Crippen LogP contribution in [0.15, 0.2) is 12.3 Å². The van der Waals surface area contributed by atoms with E-state index in [0.29, 0.717) is 18.0 Å². The van der Waals surface area contributed by atoms with Gasteiger partial charge in [0.1, 0.15) is 0 Å². The molecule has 21 heavy (non-hydrogen) atoms. The Balaban J connectivity index is 1.96. The van der Waals surface area contributed by atoms with Gasteiger partial charge >= 0.3 is 0 Å². The molecule has 0 bridgehead atoms. The van der Waals surface area contributed by atoms with E-state index >= 15 is 0 Å². The first-order valence-electron chi connectivity index (χ1n) is 8.68. The predicted molar refractivity (Wildman–Crippen MR) is 87.8 cm³/mol. The summed E-state index contributed by atoms with van der Waals surface area (Å²) in [4.78, 5) is 0. The fourth-order valence-corrected chi connectivity index (χ4v) is 3.57. The first kappa shape index (κ1) is 16.5. The Hall–Kier alpha value is -0.870. The van der Waals surface area contributed by atoms with Crippen LogP contribution in [-0.2, 0) is 6.42 Å². The van der Waals surface area contributed by atoms with Crippen molar-refractivity contribution in [3.8, 4) is 0 Å². The molecule has 0 saturated heterocycles. The zero-order valence-corrected chi connectivity index (χ0v) is 13.9. The Kier molecular flexibility index (Phi) is 6.24. The second-order valence-electron chi connectivity index (χ2n) is 6.72. The Bertz CT molecular complexity index is 415. The van der Waals surface area contributed by atoms with E-state index in [1.165, 1.54) is 32.1 Å². The van der Waals surface area contributed by atoms with E-state index in [-0.39, 0.29) is 0 Å². The summed E-state index contributed by atoms with van der Waals surface area (Å²) in [6.45, 7) is 6.72. The van der Waals surface area contributed by atoms with Crippen LogP contribution in [0.25, 0.3) is 0 Å². The molecule has 2 rings (SSSR count). The van der Waals surface area contributed by atoms with Gasteiger partial charge in [-0.3, -0.25) is 16.0 Å². The Morgan fingerprint density at radius 3 is 2.90 bits per heavy atom. The van der Waals surface area contributed by atoms with Crippen LogP contribution in [-0.4, -0.2) is 15.8 Å². The van der Waals surface area contributed by atoms with Gasteiger partial charge in [0.25, 0.3) is 0 Å². The number of nitrogens with one attached hydrogen (secondary N) is 1. The van der Waals surface area contributed by atoms with Gasteiger partial charge in [-0.25, -0.2) is 0 Å². The number of hydrogen-bond donors (Lipinski definition) is 2. The summed E-state index contributed by atoms with van der Waals surface area (Å²) in [6, 6.07) is 2.98. The molecule has 1 saturated carbocycles. The maximum Gasteiger partial charge on any atom is 0.0640 e. The highest BCUT2D eigenvalue weighted by Crippen LogP contribution is 2.33. The molecule has 1 aromatic rings. The van der Waals surface area contributed by atoms with Crippen LogP contribution in [0.4, 0.5) is 0 Å². The number of aromatic nitrogens is 2. The minimum absolute atomic E-state index is 0.361. The largest absolute Gasteiger partial charge is 0.271 e. The van der Waals surface area contributed by atoms with Gasteiger partial charge in [0, 0.05) is 24.7 Å². The fraction of sp³-hybridized carbons (Fsp3) is 0.824. The van der Waals surface area contributed by atoms with E-state index in [2.05, 4.69) is 43.1 Å². The Morgan fingerprint density at radius 1 is 1.43 bits per heavy atom. The van der Waals surface area contributed by atoms with Crippen molar-refractivity contribution in [1.82, 2.24) is 15.2 Å². The molecule has 4 nitrogen and oxygen atoms in total. The maximum absolute atomic E-state index is 5.85. The van der Waals surface area contributed by atoms with E-state index in [1.54, 1.807) is 0 Å². The lowest BCUT2D eigenvalue weighted by Crippen LogP contribution is -2.44. The van der Waals surface area contributed by atoms with Gasteiger partial charge in [0.2, 0.25) is 0 Å². The highest BCUT2D eigenvalue weighted by atomic mass is 15.3. The summed E-state index contributed by atoms with van der Waals surface area (Å²) < 4.78 is 2.08. The number of hydrogen-bond acceptors (Lipinski definition) is 3. The zero-order valence-electron chi connectivity index (χ0n) is 13.9. The average Bonchev–Trinajstić information content (AvgIpc) is 3.00. The molecule has 4 unspecified atom stereocenters. The van der Waals surface area contributed by atoms with Crippen LogP contribution in [0.5, 0.6) is 0 Å². The molecule has 0 radical (unpaired) electrons. The third-order valence-electron chi connectivity index (χ3n) is 5.32. The second-order valence-corrected chi connectivity index (χ2v) is 6.72. The second kappa shape index (κ2) is 7.95. The molecule has 0 aromatic carbocycles. The molecular weight excluding hydrogens is 260 g/mol. The van der Waals surface area contributed by atoms with Crippen LogP contribution in [0, 0.1) is 11.8 Å². The first-order chi connectivity index (χ1) is 10.2. The van der Waals surface area contributed by atoms with E-state index in [9.17, 15) is 0 Å². The van der Waals surface area contributed by atoms with Crippen LogP contribution in [0.2, 0.25) is 0 Å². The smallest absolute Gasteiger partial charge is 0.0640 e. The van der Waals surface area contributed by atoms with Gasteiger partial charge in [-0.1, -0.05) is 33.1 Å². The monoisotopic (exact) mass is 292 g/mol. The number of hydrazine groups is 1. The molecule has 1 heterocycles. The van der Waals surface area contributed by atoms with Gasteiger partial charge in [0.15, 0.2) is 0 Å². The third kappa shape index (κ3) is 4.30. The van der Waals surface area contributed by atoms with Gasteiger partial charge in [0.05, 0.1) is 5.69 Å². The van der Waals surface area contributed by atoms with Crippen molar-refractivity contribution in [2.24, 2.45) is 17.7 Å². The van der Waals surface area contributed by atoms with E-state index in [0.717, 1.165) is 24.5 Å². The van der Waals surface area contributed by atoms with Crippen molar-refractivity contribution in [2.75, 3.05) is 0 Å². The quantitative estimate of drug-likeness (QED) is 0.598. The van der Waals surface area contributed by atoms with Crippen LogP contribution in [0.1, 0.15) is 71.0 Å². The van der Waals surface area contributed by atoms with Crippen LogP contribution >= 0.6 is 0 Å².